The Morgan fingerprint density at radius 1 is 1.27 bits per heavy atom. The quantitative estimate of drug-likeness (QED) is 0.350. The van der Waals surface area contributed by atoms with Crippen molar-refractivity contribution in [2.24, 2.45) is 4.99 Å². The lowest BCUT2D eigenvalue weighted by Crippen LogP contribution is -2.46. The Labute approximate surface area is 161 Å². The van der Waals surface area contributed by atoms with E-state index >= 15 is 0 Å². The molecule has 26 heavy (non-hydrogen) atoms. The summed E-state index contributed by atoms with van der Waals surface area (Å²) in [5, 5.41) is 11.6. The van der Waals surface area contributed by atoms with Crippen LogP contribution in [0.3, 0.4) is 0 Å². The number of hydrogen-bond acceptors (Lipinski definition) is 4. The highest BCUT2D eigenvalue weighted by molar-refractivity contribution is 7.12. The van der Waals surface area contributed by atoms with Gasteiger partial charge < -0.3 is 16.0 Å². The molecule has 6 nitrogen and oxygen atoms in total. The van der Waals surface area contributed by atoms with Crippen LogP contribution in [0, 0.1) is 0 Å². The molecule has 2 rings (SSSR count). The molecular weight excluding hydrogens is 346 g/mol. The lowest BCUT2D eigenvalue weighted by atomic mass is 10.0. The van der Waals surface area contributed by atoms with E-state index in [9.17, 15) is 4.79 Å². The second-order valence-corrected chi connectivity index (χ2v) is 7.55. The zero-order valence-corrected chi connectivity index (χ0v) is 16.9. The Morgan fingerprint density at radius 3 is 2.81 bits per heavy atom. The zero-order chi connectivity index (χ0) is 18.6. The van der Waals surface area contributed by atoms with Gasteiger partial charge in [-0.3, -0.25) is 14.7 Å². The first-order valence-electron chi connectivity index (χ1n) is 9.75. The van der Waals surface area contributed by atoms with E-state index < -0.39 is 0 Å². The smallest absolute Gasteiger partial charge is 0.261 e. The zero-order valence-electron chi connectivity index (χ0n) is 16.1. The van der Waals surface area contributed by atoms with Crippen molar-refractivity contribution >= 4 is 23.2 Å². The van der Waals surface area contributed by atoms with E-state index in [1.54, 1.807) is 7.05 Å². The molecule has 1 aliphatic rings. The van der Waals surface area contributed by atoms with Crippen LogP contribution in [0.4, 0.5) is 0 Å². The van der Waals surface area contributed by atoms with E-state index in [1.807, 2.05) is 17.5 Å². The second kappa shape index (κ2) is 11.9. The van der Waals surface area contributed by atoms with Crippen molar-refractivity contribution < 1.29 is 4.79 Å². The van der Waals surface area contributed by atoms with Gasteiger partial charge >= 0.3 is 0 Å². The van der Waals surface area contributed by atoms with Crippen LogP contribution < -0.4 is 16.0 Å². The number of hydrogen-bond donors (Lipinski definition) is 3. The SMILES string of the molecule is CCC1CCCCN1CCNC(=NC)NCCCNC(=O)c1cccs1. The summed E-state index contributed by atoms with van der Waals surface area (Å²) in [6.07, 6.45) is 6.13. The fourth-order valence-corrected chi connectivity index (χ4v) is 3.99. The minimum atomic E-state index is 0.00881. The number of piperidine rings is 1. The third kappa shape index (κ3) is 6.96. The van der Waals surface area contributed by atoms with Crippen LogP contribution >= 0.6 is 11.3 Å². The van der Waals surface area contributed by atoms with Crippen LogP contribution in [0.25, 0.3) is 0 Å². The van der Waals surface area contributed by atoms with Gasteiger partial charge in [-0.2, -0.15) is 0 Å². The fourth-order valence-electron chi connectivity index (χ4n) is 3.35. The Kier molecular flexibility index (Phi) is 9.48. The van der Waals surface area contributed by atoms with Crippen molar-refractivity contribution in [3.05, 3.63) is 22.4 Å². The van der Waals surface area contributed by atoms with E-state index in [-0.39, 0.29) is 5.91 Å². The molecular formula is C19H33N5OS. The van der Waals surface area contributed by atoms with Crippen LogP contribution in [-0.4, -0.2) is 62.6 Å². The van der Waals surface area contributed by atoms with Crippen LogP contribution in [0.2, 0.25) is 0 Å². The molecule has 1 unspecified atom stereocenters. The highest BCUT2D eigenvalue weighted by Crippen LogP contribution is 2.18. The average Bonchev–Trinajstić information content (AvgIpc) is 3.21. The molecule has 1 amide bonds. The molecule has 3 N–H and O–H groups in total. The summed E-state index contributed by atoms with van der Waals surface area (Å²) in [6, 6.07) is 4.48. The van der Waals surface area contributed by atoms with Crippen LogP contribution in [0.5, 0.6) is 0 Å². The van der Waals surface area contributed by atoms with Gasteiger partial charge in [0.1, 0.15) is 0 Å². The Hall–Kier alpha value is -1.60. The number of thiophene rings is 1. The largest absolute Gasteiger partial charge is 0.356 e. The highest BCUT2D eigenvalue weighted by atomic mass is 32.1. The molecule has 1 fully saturated rings. The van der Waals surface area contributed by atoms with Crippen molar-refractivity contribution in [1.82, 2.24) is 20.9 Å². The molecule has 1 aliphatic heterocycles. The van der Waals surface area contributed by atoms with Gasteiger partial charge in [-0.05, 0) is 43.7 Å². The molecule has 0 saturated carbocycles. The first kappa shape index (κ1) is 20.7. The first-order chi connectivity index (χ1) is 12.7. The van der Waals surface area contributed by atoms with Crippen LogP contribution in [-0.2, 0) is 0 Å². The fraction of sp³-hybridized carbons (Fsp3) is 0.684. The van der Waals surface area contributed by atoms with Gasteiger partial charge in [-0.15, -0.1) is 11.3 Å². The minimum Gasteiger partial charge on any atom is -0.356 e. The number of rotatable bonds is 9. The molecule has 0 aromatic carbocycles. The van der Waals surface area contributed by atoms with Crippen molar-refractivity contribution in [1.29, 1.82) is 0 Å². The number of aliphatic imine (C=N–C) groups is 1. The summed E-state index contributed by atoms with van der Waals surface area (Å²) in [6.45, 7) is 6.92. The lowest BCUT2D eigenvalue weighted by Gasteiger charge is -2.35. The predicted molar refractivity (Wildman–Crippen MR) is 110 cm³/mol. The van der Waals surface area contributed by atoms with E-state index in [4.69, 9.17) is 0 Å². The Balaban J connectivity index is 1.55. The number of guanidine groups is 1. The predicted octanol–water partition coefficient (Wildman–Crippen LogP) is 2.30. The average molecular weight is 380 g/mol. The van der Waals surface area contributed by atoms with E-state index in [1.165, 1.54) is 43.6 Å². The van der Waals surface area contributed by atoms with Crippen molar-refractivity contribution in [3.8, 4) is 0 Å². The van der Waals surface area contributed by atoms with Gasteiger partial charge in [-0.25, -0.2) is 0 Å². The molecule has 1 aromatic heterocycles. The van der Waals surface area contributed by atoms with Gasteiger partial charge in [0, 0.05) is 39.3 Å². The van der Waals surface area contributed by atoms with Gasteiger partial charge in [0.2, 0.25) is 0 Å². The molecule has 146 valence electrons. The minimum absolute atomic E-state index is 0.00881. The van der Waals surface area contributed by atoms with Crippen molar-refractivity contribution in [3.63, 3.8) is 0 Å². The van der Waals surface area contributed by atoms with Gasteiger partial charge in [0.25, 0.3) is 5.91 Å². The molecule has 7 heteroatoms. The van der Waals surface area contributed by atoms with E-state index in [0.29, 0.717) is 6.54 Å². The number of nitrogens with zero attached hydrogens (tertiary/aromatic N) is 2. The lowest BCUT2D eigenvalue weighted by molar-refractivity contribution is 0.0957. The molecule has 0 aliphatic carbocycles. The summed E-state index contributed by atoms with van der Waals surface area (Å²) in [4.78, 5) is 19.5. The van der Waals surface area contributed by atoms with Gasteiger partial charge in [-0.1, -0.05) is 19.4 Å². The van der Waals surface area contributed by atoms with E-state index in [2.05, 4.69) is 32.8 Å². The molecule has 1 saturated heterocycles. The van der Waals surface area contributed by atoms with Crippen LogP contribution in [0.15, 0.2) is 22.5 Å². The van der Waals surface area contributed by atoms with Crippen LogP contribution in [0.1, 0.15) is 48.7 Å². The molecule has 2 heterocycles. The topological polar surface area (TPSA) is 68.8 Å². The highest BCUT2D eigenvalue weighted by Gasteiger charge is 2.19. The summed E-state index contributed by atoms with van der Waals surface area (Å²) < 4.78 is 0. The standard InChI is InChI=1S/C19H33N5OS/c1-3-16-8-4-5-13-24(16)14-12-23-19(20-2)22-11-7-10-21-18(25)17-9-6-15-26-17/h6,9,15-16H,3-5,7-8,10-14H2,1-2H3,(H,21,25)(H2,20,22,23). The van der Waals surface area contributed by atoms with E-state index in [0.717, 1.165) is 42.9 Å². The van der Waals surface area contributed by atoms with Crippen molar-refractivity contribution in [2.75, 3.05) is 39.8 Å². The molecule has 0 bridgehead atoms. The third-order valence-electron chi connectivity index (χ3n) is 4.81. The summed E-state index contributed by atoms with van der Waals surface area (Å²) in [7, 11) is 1.80. The first-order valence-corrected chi connectivity index (χ1v) is 10.6. The van der Waals surface area contributed by atoms with Gasteiger partial charge in [0.05, 0.1) is 4.88 Å². The maximum atomic E-state index is 11.8. The Bertz CT molecular complexity index is 546. The normalized spacial score (nSPS) is 18.5. The number of carbonyl (C=O) groups excluding carboxylic acids is 1. The van der Waals surface area contributed by atoms with Gasteiger partial charge in [0.15, 0.2) is 5.96 Å². The molecule has 1 aromatic rings. The second-order valence-electron chi connectivity index (χ2n) is 6.61. The summed E-state index contributed by atoms with van der Waals surface area (Å²) >= 11 is 1.46. The molecule has 0 spiro atoms. The number of carbonyl (C=O) groups is 1. The van der Waals surface area contributed by atoms with Crippen molar-refractivity contribution in [2.45, 2.75) is 45.1 Å². The number of likely N-dealkylation sites (tertiary alicyclic amines) is 1. The summed E-state index contributed by atoms with van der Waals surface area (Å²) in [5.41, 5.74) is 0. The molecule has 0 radical (unpaired) electrons. The molecule has 1 atom stereocenters. The summed E-state index contributed by atoms with van der Waals surface area (Å²) in [5.74, 6) is 0.842. The maximum absolute atomic E-state index is 11.8. The maximum Gasteiger partial charge on any atom is 0.261 e. The number of nitrogens with one attached hydrogen (secondary N) is 3. The Morgan fingerprint density at radius 2 is 2.08 bits per heavy atom. The number of amides is 1. The monoisotopic (exact) mass is 379 g/mol. The third-order valence-corrected chi connectivity index (χ3v) is 5.68.